The minimum Gasteiger partial charge on any atom is -0.492 e. The molecule has 0 saturated carbocycles. The number of carbonyl (C=O) groups excluding carboxylic acids is 2. The van der Waals surface area contributed by atoms with Gasteiger partial charge in [-0.3, -0.25) is 4.79 Å². The highest BCUT2D eigenvalue weighted by atomic mass is 35.5. The zero-order chi connectivity index (χ0) is 21.9. The van der Waals surface area contributed by atoms with E-state index in [1.807, 2.05) is 12.1 Å². The Kier molecular flexibility index (Phi) is 9.77. The van der Waals surface area contributed by atoms with Gasteiger partial charge in [-0.15, -0.1) is 0 Å². The molecule has 0 amide bonds. The Morgan fingerprint density at radius 2 is 1.57 bits per heavy atom. The first-order chi connectivity index (χ1) is 14.5. The maximum atomic E-state index is 12.1. The molecule has 0 aliphatic rings. The molecule has 2 aromatic rings. The number of hydrogen-bond acceptors (Lipinski definition) is 6. The lowest BCUT2D eigenvalue weighted by molar-refractivity contribution is -0.146. The number of methoxy groups -OCH3 is 2. The number of rotatable bonds is 11. The van der Waals surface area contributed by atoms with Gasteiger partial charge in [0.05, 0.1) is 49.0 Å². The molecule has 162 valence electrons. The summed E-state index contributed by atoms with van der Waals surface area (Å²) in [6.45, 7) is 0.696. The van der Waals surface area contributed by atoms with Crippen molar-refractivity contribution in [1.29, 1.82) is 0 Å². The summed E-state index contributed by atoms with van der Waals surface area (Å²) < 4.78 is 20.9. The number of benzene rings is 2. The topological polar surface area (TPSA) is 71.1 Å². The van der Waals surface area contributed by atoms with Gasteiger partial charge in [-0.2, -0.15) is 0 Å². The monoisotopic (exact) mass is 454 g/mol. The van der Waals surface area contributed by atoms with Crippen LogP contribution in [0.4, 0.5) is 0 Å². The van der Waals surface area contributed by atoms with E-state index in [0.717, 1.165) is 0 Å². The van der Waals surface area contributed by atoms with Crippen LogP contribution in [-0.4, -0.2) is 39.4 Å². The molecule has 0 radical (unpaired) electrons. The molecule has 0 fully saturated rings. The van der Waals surface area contributed by atoms with Gasteiger partial charge in [0.15, 0.2) is 0 Å². The van der Waals surface area contributed by atoms with Crippen LogP contribution in [0.1, 0.15) is 29.6 Å². The number of ether oxygens (including phenoxy) is 4. The third-order valence-corrected chi connectivity index (χ3v) is 5.01. The van der Waals surface area contributed by atoms with E-state index in [0.29, 0.717) is 53.0 Å². The van der Waals surface area contributed by atoms with Crippen LogP contribution >= 0.6 is 23.2 Å². The normalized spacial score (nSPS) is 11.5. The van der Waals surface area contributed by atoms with Crippen LogP contribution < -0.4 is 9.47 Å². The number of hydrogen-bond donors (Lipinski definition) is 0. The van der Waals surface area contributed by atoms with Crippen molar-refractivity contribution in [1.82, 2.24) is 0 Å². The van der Waals surface area contributed by atoms with Gasteiger partial charge in [0.1, 0.15) is 11.5 Å². The lowest BCUT2D eigenvalue weighted by atomic mass is 10.0. The SMILES string of the molecule is COC(=O)c1ccc(OCCC(CCCOc2ccccc2Cl)C(=O)OC)c(Cl)c1. The molecule has 30 heavy (non-hydrogen) atoms. The molecule has 8 heteroatoms. The summed E-state index contributed by atoms with van der Waals surface area (Å²) in [5, 5.41) is 0.839. The second kappa shape index (κ2) is 12.3. The minimum atomic E-state index is -0.479. The maximum Gasteiger partial charge on any atom is 0.337 e. The second-order valence-corrected chi connectivity index (χ2v) is 7.23. The second-order valence-electron chi connectivity index (χ2n) is 6.42. The van der Waals surface area contributed by atoms with Gasteiger partial charge < -0.3 is 18.9 Å². The average Bonchev–Trinajstić information content (AvgIpc) is 2.76. The smallest absolute Gasteiger partial charge is 0.337 e. The minimum absolute atomic E-state index is 0.266. The van der Waals surface area contributed by atoms with Crippen molar-refractivity contribution in [3.63, 3.8) is 0 Å². The molecule has 0 saturated heterocycles. The molecule has 0 N–H and O–H groups in total. The lowest BCUT2D eigenvalue weighted by Gasteiger charge is -2.16. The molecule has 1 atom stereocenters. The number of carbonyl (C=O) groups is 2. The van der Waals surface area contributed by atoms with Gasteiger partial charge in [0.2, 0.25) is 0 Å². The fourth-order valence-electron chi connectivity index (χ4n) is 2.79. The Morgan fingerprint density at radius 3 is 2.23 bits per heavy atom. The molecular weight excluding hydrogens is 431 g/mol. The van der Waals surface area contributed by atoms with Gasteiger partial charge in [0.25, 0.3) is 0 Å². The average molecular weight is 455 g/mol. The van der Waals surface area contributed by atoms with E-state index in [2.05, 4.69) is 4.74 Å². The predicted molar refractivity (Wildman–Crippen MR) is 115 cm³/mol. The molecule has 2 rings (SSSR count). The summed E-state index contributed by atoms with van der Waals surface area (Å²) in [5.74, 6) is -0.0770. The summed E-state index contributed by atoms with van der Waals surface area (Å²) >= 11 is 12.2. The van der Waals surface area contributed by atoms with Crippen LogP contribution in [0.2, 0.25) is 10.0 Å². The van der Waals surface area contributed by atoms with E-state index >= 15 is 0 Å². The zero-order valence-electron chi connectivity index (χ0n) is 16.9. The van der Waals surface area contributed by atoms with Gasteiger partial charge in [0, 0.05) is 0 Å². The summed E-state index contributed by atoms with van der Waals surface area (Å²) in [6, 6.07) is 11.9. The first-order valence-corrected chi connectivity index (χ1v) is 10.2. The third kappa shape index (κ3) is 7.11. The van der Waals surface area contributed by atoms with E-state index in [9.17, 15) is 9.59 Å². The Bertz CT molecular complexity index is 855. The van der Waals surface area contributed by atoms with Crippen LogP contribution in [0, 0.1) is 5.92 Å². The van der Waals surface area contributed by atoms with Crippen molar-refractivity contribution in [2.75, 3.05) is 27.4 Å². The van der Waals surface area contributed by atoms with E-state index in [4.69, 9.17) is 37.4 Å². The Labute approximate surface area is 186 Å². The first-order valence-electron chi connectivity index (χ1n) is 9.42. The number of halogens is 2. The molecule has 6 nitrogen and oxygen atoms in total. The van der Waals surface area contributed by atoms with Crippen molar-refractivity contribution < 1.29 is 28.5 Å². The van der Waals surface area contributed by atoms with Gasteiger partial charge in [-0.25, -0.2) is 4.79 Å². The molecule has 0 aliphatic carbocycles. The summed E-state index contributed by atoms with van der Waals surface area (Å²) in [4.78, 5) is 23.6. The number of esters is 2. The molecule has 2 aromatic carbocycles. The fourth-order valence-corrected chi connectivity index (χ4v) is 3.22. The highest BCUT2D eigenvalue weighted by Crippen LogP contribution is 2.27. The van der Waals surface area contributed by atoms with Crippen LogP contribution in [0.25, 0.3) is 0 Å². The lowest BCUT2D eigenvalue weighted by Crippen LogP contribution is -2.20. The van der Waals surface area contributed by atoms with Gasteiger partial charge in [-0.05, 0) is 49.6 Å². The largest absolute Gasteiger partial charge is 0.492 e. The highest BCUT2D eigenvalue weighted by molar-refractivity contribution is 6.32. The molecule has 0 aliphatic heterocycles. The molecule has 0 bridgehead atoms. The molecule has 0 aromatic heterocycles. The predicted octanol–water partition coefficient (Wildman–Crippen LogP) is 5.20. The van der Waals surface area contributed by atoms with Crippen molar-refractivity contribution >= 4 is 35.1 Å². The van der Waals surface area contributed by atoms with Crippen molar-refractivity contribution in [2.45, 2.75) is 19.3 Å². The first kappa shape index (κ1) is 23.8. The Hall–Kier alpha value is -2.44. The third-order valence-electron chi connectivity index (χ3n) is 4.40. The fraction of sp³-hybridized carbons (Fsp3) is 0.364. The zero-order valence-corrected chi connectivity index (χ0v) is 18.4. The van der Waals surface area contributed by atoms with Crippen molar-refractivity contribution in [3.05, 3.63) is 58.1 Å². The molecular formula is C22H24Cl2O6. The summed E-state index contributed by atoms with van der Waals surface area (Å²) in [5.41, 5.74) is 0.334. The van der Waals surface area contributed by atoms with E-state index in [-0.39, 0.29) is 18.5 Å². The van der Waals surface area contributed by atoms with Crippen LogP contribution in [0.5, 0.6) is 11.5 Å². The molecule has 1 unspecified atom stereocenters. The van der Waals surface area contributed by atoms with E-state index in [1.54, 1.807) is 24.3 Å². The maximum absolute atomic E-state index is 12.1. The quantitative estimate of drug-likeness (QED) is 0.343. The van der Waals surface area contributed by atoms with Crippen LogP contribution in [0.15, 0.2) is 42.5 Å². The van der Waals surface area contributed by atoms with E-state index < -0.39 is 5.97 Å². The summed E-state index contributed by atoms with van der Waals surface area (Å²) in [7, 11) is 2.66. The Morgan fingerprint density at radius 1 is 0.867 bits per heavy atom. The standard InChI is InChI=1S/C22H24Cl2O6/c1-27-21(25)15(6-5-12-29-19-8-4-3-7-17(19)23)11-13-30-20-10-9-16(14-18(20)24)22(26)28-2/h3-4,7-10,14-15H,5-6,11-13H2,1-2H3. The molecule has 0 heterocycles. The summed E-state index contributed by atoms with van der Waals surface area (Å²) in [6.07, 6.45) is 1.68. The molecule has 0 spiro atoms. The highest BCUT2D eigenvalue weighted by Gasteiger charge is 2.19. The van der Waals surface area contributed by atoms with E-state index in [1.165, 1.54) is 20.3 Å². The van der Waals surface area contributed by atoms with Crippen LogP contribution in [-0.2, 0) is 14.3 Å². The van der Waals surface area contributed by atoms with Crippen molar-refractivity contribution in [3.8, 4) is 11.5 Å². The van der Waals surface area contributed by atoms with Gasteiger partial charge in [-0.1, -0.05) is 35.3 Å². The van der Waals surface area contributed by atoms with Crippen LogP contribution in [0.3, 0.4) is 0 Å². The Balaban J connectivity index is 1.82. The van der Waals surface area contributed by atoms with Crippen molar-refractivity contribution in [2.24, 2.45) is 5.92 Å². The number of para-hydroxylation sites is 1. The van der Waals surface area contributed by atoms with Gasteiger partial charge >= 0.3 is 11.9 Å².